The maximum absolute atomic E-state index is 10.7. The minimum Gasteiger partial charge on any atom is -0.279 e. The minimum atomic E-state index is -5.84. The molecular weight excluding hydrogens is 432 g/mol. The normalized spacial score (nSPS) is 11.2. The number of alkyl halides is 3. The van der Waals surface area contributed by atoms with E-state index < -0.39 is 15.6 Å². The van der Waals surface area contributed by atoms with E-state index in [9.17, 15) is 13.2 Å². The Hall–Kier alpha value is -1.29. The van der Waals surface area contributed by atoms with Crippen molar-refractivity contribution in [3.8, 4) is 0 Å². The standard InChI is InChI=1S/C19H16S.CHF3O3S.Na/c1-4-10-16(11-5-1)19(17-12-6-2-7-13-17)20-18-14-8-3-9-15-18;2-1(3,4)8(5,6)7;/h1-15,19H;(H,5,6,7);. The molecule has 0 spiro atoms. The number of halogens is 3. The van der Waals surface area contributed by atoms with Crippen LogP contribution in [-0.2, 0) is 10.1 Å². The van der Waals surface area contributed by atoms with Crippen molar-refractivity contribution >= 4 is 51.4 Å². The summed E-state index contributed by atoms with van der Waals surface area (Å²) in [6, 6.07) is 32.0. The topological polar surface area (TPSA) is 54.4 Å². The first kappa shape index (κ1) is 25.7. The van der Waals surface area contributed by atoms with Crippen molar-refractivity contribution in [1.82, 2.24) is 0 Å². The van der Waals surface area contributed by atoms with Gasteiger partial charge in [0.05, 0.1) is 5.25 Å². The van der Waals surface area contributed by atoms with Gasteiger partial charge in [0.1, 0.15) is 0 Å². The summed E-state index contributed by atoms with van der Waals surface area (Å²) >= 11 is 1.89. The van der Waals surface area contributed by atoms with Crippen molar-refractivity contribution in [2.45, 2.75) is 15.7 Å². The second kappa shape index (κ2) is 11.8. The molecule has 0 atom stereocenters. The van der Waals surface area contributed by atoms with E-state index in [1.165, 1.54) is 16.0 Å². The first-order chi connectivity index (χ1) is 13.2. The van der Waals surface area contributed by atoms with E-state index in [0.29, 0.717) is 5.25 Å². The molecule has 3 rings (SSSR count). The monoisotopic (exact) mass is 449 g/mol. The largest absolute Gasteiger partial charge is 0.522 e. The molecule has 0 saturated heterocycles. The molecule has 0 aliphatic heterocycles. The SMILES string of the molecule is O=S(=O)(O)C(F)(F)F.[Na].c1ccc(SC(c2ccccc2)c2ccccc2)cc1. The van der Waals surface area contributed by atoms with E-state index in [2.05, 4.69) is 91.0 Å². The molecule has 29 heavy (non-hydrogen) atoms. The Kier molecular flexibility index (Phi) is 10.5. The summed E-state index contributed by atoms with van der Waals surface area (Å²) in [5, 5.41) is 0.333. The van der Waals surface area contributed by atoms with Crippen molar-refractivity contribution in [3.63, 3.8) is 0 Å². The zero-order valence-corrected chi connectivity index (χ0v) is 19.1. The molecule has 0 unspecified atom stereocenters. The van der Waals surface area contributed by atoms with Crippen LogP contribution in [0.1, 0.15) is 16.4 Å². The predicted octanol–water partition coefficient (Wildman–Crippen LogP) is 5.58. The molecule has 0 fully saturated rings. The van der Waals surface area contributed by atoms with Crippen LogP contribution in [-0.4, -0.2) is 48.0 Å². The Bertz CT molecular complexity index is 913. The van der Waals surface area contributed by atoms with Gasteiger partial charge in [0.15, 0.2) is 0 Å². The third kappa shape index (κ3) is 8.54. The van der Waals surface area contributed by atoms with Crippen LogP contribution in [0.5, 0.6) is 0 Å². The minimum absolute atomic E-state index is 0. The smallest absolute Gasteiger partial charge is 0.279 e. The van der Waals surface area contributed by atoms with Crippen molar-refractivity contribution < 1.29 is 26.1 Å². The fraction of sp³-hybridized carbons (Fsp3) is 0.100. The zero-order chi connectivity index (χ0) is 20.6. The van der Waals surface area contributed by atoms with Crippen LogP contribution in [0.3, 0.4) is 0 Å². The first-order valence-electron chi connectivity index (χ1n) is 8.04. The van der Waals surface area contributed by atoms with Crippen LogP contribution in [0.25, 0.3) is 0 Å². The van der Waals surface area contributed by atoms with Gasteiger partial charge in [0.2, 0.25) is 0 Å². The molecule has 0 aliphatic carbocycles. The maximum Gasteiger partial charge on any atom is 0.522 e. The fourth-order valence-electron chi connectivity index (χ4n) is 2.22. The molecule has 0 amide bonds. The van der Waals surface area contributed by atoms with Crippen LogP contribution in [0.15, 0.2) is 95.9 Å². The van der Waals surface area contributed by atoms with Gasteiger partial charge in [-0.05, 0) is 23.3 Å². The van der Waals surface area contributed by atoms with Gasteiger partial charge in [0.25, 0.3) is 0 Å². The zero-order valence-electron chi connectivity index (χ0n) is 15.5. The van der Waals surface area contributed by atoms with Crippen molar-refractivity contribution in [3.05, 3.63) is 102 Å². The van der Waals surface area contributed by atoms with E-state index in [-0.39, 0.29) is 29.6 Å². The molecule has 3 aromatic rings. The second-order valence-corrected chi connectivity index (χ2v) is 8.14. The molecule has 1 N–H and O–H groups in total. The Morgan fingerprint density at radius 3 is 1.34 bits per heavy atom. The van der Waals surface area contributed by atoms with Gasteiger partial charge in [-0.2, -0.15) is 21.6 Å². The quantitative estimate of drug-likeness (QED) is 0.245. The fourth-order valence-corrected chi connectivity index (χ4v) is 3.39. The Morgan fingerprint density at radius 2 is 1.03 bits per heavy atom. The Morgan fingerprint density at radius 1 is 0.724 bits per heavy atom. The van der Waals surface area contributed by atoms with Gasteiger partial charge < -0.3 is 0 Å². The van der Waals surface area contributed by atoms with Crippen LogP contribution in [0.2, 0.25) is 0 Å². The average Bonchev–Trinajstić information content (AvgIpc) is 2.67. The second-order valence-electron chi connectivity index (χ2n) is 5.55. The van der Waals surface area contributed by atoms with E-state index in [1.54, 1.807) is 0 Å². The first-order valence-corrected chi connectivity index (χ1v) is 10.4. The predicted molar refractivity (Wildman–Crippen MR) is 110 cm³/mol. The maximum atomic E-state index is 10.7. The molecule has 0 bridgehead atoms. The summed E-state index contributed by atoms with van der Waals surface area (Å²) in [5.74, 6) is 0. The molecule has 1 radical (unpaired) electrons. The van der Waals surface area contributed by atoms with Crippen LogP contribution in [0.4, 0.5) is 13.2 Å². The van der Waals surface area contributed by atoms with Gasteiger partial charge in [-0.1, -0.05) is 78.9 Å². The number of benzene rings is 3. The van der Waals surface area contributed by atoms with E-state index in [1.807, 2.05) is 11.8 Å². The molecule has 0 heterocycles. The van der Waals surface area contributed by atoms with Crippen molar-refractivity contribution in [2.75, 3.05) is 0 Å². The number of thioether (sulfide) groups is 1. The van der Waals surface area contributed by atoms with Gasteiger partial charge in [-0.25, -0.2) is 0 Å². The molecule has 9 heteroatoms. The van der Waals surface area contributed by atoms with E-state index in [4.69, 9.17) is 13.0 Å². The summed E-state index contributed by atoms with van der Waals surface area (Å²) < 4.78 is 57.5. The summed E-state index contributed by atoms with van der Waals surface area (Å²) in [7, 11) is -5.84. The summed E-state index contributed by atoms with van der Waals surface area (Å²) in [6.07, 6.45) is 0. The van der Waals surface area contributed by atoms with Crippen molar-refractivity contribution in [1.29, 1.82) is 0 Å². The molecule has 0 saturated carbocycles. The average molecular weight is 449 g/mol. The molecule has 3 aromatic carbocycles. The van der Waals surface area contributed by atoms with Gasteiger partial charge >= 0.3 is 15.6 Å². The number of rotatable bonds is 4. The number of hydrogen-bond donors (Lipinski definition) is 1. The Balaban J connectivity index is 0.000000403. The molecule has 149 valence electrons. The third-order valence-corrected chi connectivity index (χ3v) is 5.40. The van der Waals surface area contributed by atoms with E-state index >= 15 is 0 Å². The van der Waals surface area contributed by atoms with Crippen molar-refractivity contribution in [2.24, 2.45) is 0 Å². The summed E-state index contributed by atoms with van der Waals surface area (Å²) in [4.78, 5) is 1.30. The van der Waals surface area contributed by atoms with Crippen LogP contribution in [0, 0.1) is 0 Å². The summed E-state index contributed by atoms with van der Waals surface area (Å²) in [6.45, 7) is 0. The van der Waals surface area contributed by atoms with Crippen LogP contribution < -0.4 is 0 Å². The van der Waals surface area contributed by atoms with Crippen LogP contribution >= 0.6 is 11.8 Å². The molecule has 0 aliphatic rings. The van der Waals surface area contributed by atoms with Gasteiger partial charge in [-0.3, -0.25) is 4.55 Å². The molecular formula is C20H17F3NaO3S2. The Labute approximate surface area is 194 Å². The van der Waals surface area contributed by atoms with Gasteiger partial charge in [0, 0.05) is 34.5 Å². The summed E-state index contributed by atoms with van der Waals surface area (Å²) in [5.41, 5.74) is -2.85. The van der Waals surface area contributed by atoms with E-state index in [0.717, 1.165) is 0 Å². The molecule has 3 nitrogen and oxygen atoms in total. The molecule has 0 aromatic heterocycles. The number of hydrogen-bond acceptors (Lipinski definition) is 3. The third-order valence-electron chi connectivity index (χ3n) is 3.49. The van der Waals surface area contributed by atoms with Gasteiger partial charge in [-0.15, -0.1) is 11.8 Å².